The molecule has 1 fully saturated rings. The summed E-state index contributed by atoms with van der Waals surface area (Å²) >= 11 is 0. The Kier molecular flexibility index (Phi) is 2.90. The number of carbonyl (C=O) groups is 1. The van der Waals surface area contributed by atoms with E-state index in [0.717, 1.165) is 19.4 Å². The standard InChI is InChI=1S/C12H19N3O/c1-9-5-3-4-6-15(9)12(16)11-7-10(13)8-14(11)2/h7-9H,3-6,13H2,1-2H3. The summed E-state index contributed by atoms with van der Waals surface area (Å²) in [6, 6.07) is 2.10. The van der Waals surface area contributed by atoms with Gasteiger partial charge >= 0.3 is 0 Å². The number of likely N-dealkylation sites (tertiary alicyclic amines) is 1. The van der Waals surface area contributed by atoms with Crippen LogP contribution < -0.4 is 5.73 Å². The van der Waals surface area contributed by atoms with Gasteiger partial charge in [-0.25, -0.2) is 0 Å². The fraction of sp³-hybridized carbons (Fsp3) is 0.583. The number of piperidine rings is 1. The summed E-state index contributed by atoms with van der Waals surface area (Å²) < 4.78 is 1.80. The molecule has 1 atom stereocenters. The second kappa shape index (κ2) is 4.20. The number of nitrogens with two attached hydrogens (primary N) is 1. The fourth-order valence-corrected chi connectivity index (χ4v) is 2.35. The van der Waals surface area contributed by atoms with Crippen molar-refractivity contribution in [3.63, 3.8) is 0 Å². The molecule has 88 valence electrons. The lowest BCUT2D eigenvalue weighted by Crippen LogP contribution is -2.42. The zero-order chi connectivity index (χ0) is 11.7. The Morgan fingerprint density at radius 2 is 2.25 bits per heavy atom. The van der Waals surface area contributed by atoms with Crippen molar-refractivity contribution in [2.45, 2.75) is 32.2 Å². The van der Waals surface area contributed by atoms with Crippen molar-refractivity contribution in [1.82, 2.24) is 9.47 Å². The van der Waals surface area contributed by atoms with Crippen LogP contribution in [0.25, 0.3) is 0 Å². The van der Waals surface area contributed by atoms with Gasteiger partial charge in [0, 0.05) is 25.8 Å². The molecule has 16 heavy (non-hydrogen) atoms. The zero-order valence-corrected chi connectivity index (χ0v) is 9.94. The monoisotopic (exact) mass is 221 g/mol. The van der Waals surface area contributed by atoms with E-state index < -0.39 is 0 Å². The van der Waals surface area contributed by atoms with Crippen LogP contribution in [0.1, 0.15) is 36.7 Å². The molecular weight excluding hydrogens is 202 g/mol. The average molecular weight is 221 g/mol. The van der Waals surface area contributed by atoms with E-state index in [1.165, 1.54) is 6.42 Å². The lowest BCUT2D eigenvalue weighted by atomic mass is 10.0. The smallest absolute Gasteiger partial charge is 0.270 e. The van der Waals surface area contributed by atoms with Gasteiger partial charge < -0.3 is 15.2 Å². The minimum atomic E-state index is 0.103. The van der Waals surface area contributed by atoms with Gasteiger partial charge in [0.05, 0.1) is 5.69 Å². The van der Waals surface area contributed by atoms with Gasteiger partial charge in [-0.3, -0.25) is 4.79 Å². The Morgan fingerprint density at radius 1 is 1.50 bits per heavy atom. The number of amides is 1. The highest BCUT2D eigenvalue weighted by atomic mass is 16.2. The first-order valence-corrected chi connectivity index (χ1v) is 5.82. The number of hydrogen-bond donors (Lipinski definition) is 1. The maximum Gasteiger partial charge on any atom is 0.270 e. The molecule has 4 heteroatoms. The molecule has 0 aliphatic carbocycles. The maximum atomic E-state index is 12.3. The van der Waals surface area contributed by atoms with Crippen molar-refractivity contribution in [3.05, 3.63) is 18.0 Å². The van der Waals surface area contributed by atoms with E-state index >= 15 is 0 Å². The zero-order valence-electron chi connectivity index (χ0n) is 9.94. The molecule has 1 amide bonds. The first kappa shape index (κ1) is 11.0. The number of nitrogens with zero attached hydrogens (tertiary/aromatic N) is 2. The summed E-state index contributed by atoms with van der Waals surface area (Å²) in [6.45, 7) is 2.98. The summed E-state index contributed by atoms with van der Waals surface area (Å²) in [6.07, 6.45) is 5.21. The van der Waals surface area contributed by atoms with Gasteiger partial charge in [0.1, 0.15) is 5.69 Å². The molecule has 0 saturated carbocycles. The molecule has 2 rings (SSSR count). The second-order valence-corrected chi connectivity index (χ2v) is 4.61. The van der Waals surface area contributed by atoms with Crippen LogP contribution in [0, 0.1) is 0 Å². The Bertz CT molecular complexity index is 397. The highest BCUT2D eigenvalue weighted by molar-refractivity contribution is 5.94. The number of anilines is 1. The molecule has 1 aliphatic heterocycles. The minimum absolute atomic E-state index is 0.103. The van der Waals surface area contributed by atoms with Crippen LogP contribution in [0.5, 0.6) is 0 Å². The van der Waals surface area contributed by atoms with E-state index in [0.29, 0.717) is 17.4 Å². The van der Waals surface area contributed by atoms with Crippen LogP contribution in [-0.4, -0.2) is 28.0 Å². The molecule has 1 unspecified atom stereocenters. The Labute approximate surface area is 96.0 Å². The molecule has 1 aromatic heterocycles. The van der Waals surface area contributed by atoms with Crippen LogP contribution >= 0.6 is 0 Å². The average Bonchev–Trinajstić information content (AvgIpc) is 2.58. The highest BCUT2D eigenvalue weighted by Gasteiger charge is 2.25. The van der Waals surface area contributed by atoms with Gasteiger partial charge in [0.15, 0.2) is 0 Å². The summed E-state index contributed by atoms with van der Waals surface area (Å²) in [5.41, 5.74) is 7.02. The molecule has 0 aromatic carbocycles. The van der Waals surface area contributed by atoms with Crippen LogP contribution in [0.4, 0.5) is 5.69 Å². The molecule has 2 N–H and O–H groups in total. The van der Waals surface area contributed by atoms with Gasteiger partial charge in [-0.2, -0.15) is 0 Å². The molecule has 0 radical (unpaired) electrons. The minimum Gasteiger partial charge on any atom is -0.397 e. The van der Waals surface area contributed by atoms with E-state index in [-0.39, 0.29) is 5.91 Å². The Hall–Kier alpha value is -1.45. The third-order valence-electron chi connectivity index (χ3n) is 3.31. The van der Waals surface area contributed by atoms with Crippen LogP contribution in [-0.2, 0) is 7.05 Å². The Morgan fingerprint density at radius 3 is 2.81 bits per heavy atom. The van der Waals surface area contributed by atoms with Gasteiger partial charge in [-0.05, 0) is 32.3 Å². The number of hydrogen-bond acceptors (Lipinski definition) is 2. The second-order valence-electron chi connectivity index (χ2n) is 4.61. The number of nitrogen functional groups attached to an aromatic ring is 1. The molecule has 0 bridgehead atoms. The van der Waals surface area contributed by atoms with E-state index in [2.05, 4.69) is 6.92 Å². The van der Waals surface area contributed by atoms with Crippen molar-refractivity contribution in [1.29, 1.82) is 0 Å². The van der Waals surface area contributed by atoms with E-state index in [1.54, 1.807) is 16.8 Å². The summed E-state index contributed by atoms with van der Waals surface area (Å²) in [4.78, 5) is 14.3. The molecule has 1 aliphatic rings. The number of aryl methyl sites for hydroxylation is 1. The summed E-state index contributed by atoms with van der Waals surface area (Å²) in [7, 11) is 1.86. The molecule has 1 aromatic rings. The third-order valence-corrected chi connectivity index (χ3v) is 3.31. The topological polar surface area (TPSA) is 51.3 Å². The highest BCUT2D eigenvalue weighted by Crippen LogP contribution is 2.20. The quantitative estimate of drug-likeness (QED) is 0.783. The normalized spacial score (nSPS) is 21.1. The van der Waals surface area contributed by atoms with Crippen molar-refractivity contribution in [2.75, 3.05) is 12.3 Å². The molecule has 0 spiro atoms. The maximum absolute atomic E-state index is 12.3. The lowest BCUT2D eigenvalue weighted by molar-refractivity contribution is 0.0626. The predicted molar refractivity (Wildman–Crippen MR) is 64.2 cm³/mol. The Balaban J connectivity index is 2.21. The molecule has 4 nitrogen and oxygen atoms in total. The molecule has 1 saturated heterocycles. The molecular formula is C12H19N3O. The van der Waals surface area contributed by atoms with Crippen LogP contribution in [0.15, 0.2) is 12.3 Å². The number of rotatable bonds is 1. The van der Waals surface area contributed by atoms with Gasteiger partial charge in [-0.1, -0.05) is 0 Å². The van der Waals surface area contributed by atoms with Crippen LogP contribution in [0.3, 0.4) is 0 Å². The molecule has 2 heterocycles. The van der Waals surface area contributed by atoms with Crippen molar-refractivity contribution >= 4 is 11.6 Å². The van der Waals surface area contributed by atoms with Gasteiger partial charge in [0.25, 0.3) is 5.91 Å². The largest absolute Gasteiger partial charge is 0.397 e. The third kappa shape index (κ3) is 1.92. The van der Waals surface area contributed by atoms with E-state index in [4.69, 9.17) is 5.73 Å². The van der Waals surface area contributed by atoms with Gasteiger partial charge in [-0.15, -0.1) is 0 Å². The number of aromatic nitrogens is 1. The summed E-state index contributed by atoms with van der Waals surface area (Å²) in [5.74, 6) is 0.103. The van der Waals surface area contributed by atoms with Crippen molar-refractivity contribution in [3.8, 4) is 0 Å². The van der Waals surface area contributed by atoms with Crippen LogP contribution in [0.2, 0.25) is 0 Å². The number of carbonyl (C=O) groups excluding carboxylic acids is 1. The predicted octanol–water partition coefficient (Wildman–Crippen LogP) is 1.62. The van der Waals surface area contributed by atoms with E-state index in [9.17, 15) is 4.79 Å². The van der Waals surface area contributed by atoms with E-state index in [1.807, 2.05) is 11.9 Å². The lowest BCUT2D eigenvalue weighted by Gasteiger charge is -2.33. The summed E-state index contributed by atoms with van der Waals surface area (Å²) in [5, 5.41) is 0. The fourth-order valence-electron chi connectivity index (χ4n) is 2.35. The van der Waals surface area contributed by atoms with Gasteiger partial charge in [0.2, 0.25) is 0 Å². The first-order chi connectivity index (χ1) is 7.59. The van der Waals surface area contributed by atoms with Crippen molar-refractivity contribution < 1.29 is 4.79 Å². The first-order valence-electron chi connectivity index (χ1n) is 5.82. The van der Waals surface area contributed by atoms with Crippen molar-refractivity contribution in [2.24, 2.45) is 7.05 Å². The SMILES string of the molecule is CC1CCCCN1C(=O)c1cc(N)cn1C.